The van der Waals surface area contributed by atoms with Crippen LogP contribution in [0.15, 0.2) is 30.3 Å². The Kier molecular flexibility index (Phi) is 9.70. The topological polar surface area (TPSA) is 222 Å². The van der Waals surface area contributed by atoms with Crippen molar-refractivity contribution >= 4 is 35.6 Å². The van der Waals surface area contributed by atoms with Crippen molar-refractivity contribution in [2.75, 3.05) is 6.54 Å². The molecule has 0 aromatic heterocycles. The molecular weight excluding hydrogens is 462 g/mol. The summed E-state index contributed by atoms with van der Waals surface area (Å²) in [6.45, 7) is 0.178. The molecule has 1 aliphatic heterocycles. The van der Waals surface area contributed by atoms with Crippen molar-refractivity contribution in [3.8, 4) is 0 Å². The molecule has 0 saturated carbocycles. The number of likely N-dealkylation sites (tertiary alicyclic amines) is 1. The Labute approximate surface area is 200 Å². The number of nitrogens with one attached hydrogen (secondary N) is 2. The van der Waals surface area contributed by atoms with Crippen LogP contribution in [0.2, 0.25) is 0 Å². The van der Waals surface area contributed by atoms with E-state index < -0.39 is 72.6 Å². The number of carbonyl (C=O) groups is 6. The third-order valence-electron chi connectivity index (χ3n) is 5.49. The maximum Gasteiger partial charge on any atom is 0.326 e. The predicted molar refractivity (Wildman–Crippen MR) is 120 cm³/mol. The molecule has 0 radical (unpaired) electrons. The molecular formula is C22H29N5O8. The first-order valence-corrected chi connectivity index (χ1v) is 10.9. The fourth-order valence-corrected chi connectivity index (χ4v) is 3.79. The van der Waals surface area contributed by atoms with Gasteiger partial charge in [-0.1, -0.05) is 30.3 Å². The number of rotatable bonds is 12. The van der Waals surface area contributed by atoms with Crippen molar-refractivity contribution in [2.24, 2.45) is 11.5 Å². The van der Waals surface area contributed by atoms with E-state index in [2.05, 4.69) is 10.6 Å². The Bertz CT molecular complexity index is 970. The molecule has 13 nitrogen and oxygen atoms in total. The molecule has 13 heteroatoms. The van der Waals surface area contributed by atoms with Crippen LogP contribution in [0, 0.1) is 0 Å². The van der Waals surface area contributed by atoms with Gasteiger partial charge in [-0.25, -0.2) is 4.79 Å². The van der Waals surface area contributed by atoms with Crippen LogP contribution < -0.4 is 22.1 Å². The van der Waals surface area contributed by atoms with E-state index in [0.29, 0.717) is 12.0 Å². The van der Waals surface area contributed by atoms with Gasteiger partial charge in [-0.2, -0.15) is 0 Å². The molecule has 2 rings (SSSR count). The highest BCUT2D eigenvalue weighted by molar-refractivity contribution is 5.96. The predicted octanol–water partition coefficient (Wildman–Crippen LogP) is -2.05. The summed E-state index contributed by atoms with van der Waals surface area (Å²) in [4.78, 5) is 73.4. The minimum Gasteiger partial charge on any atom is -0.481 e. The highest BCUT2D eigenvalue weighted by Gasteiger charge is 2.38. The molecule has 35 heavy (non-hydrogen) atoms. The number of carbonyl (C=O) groups excluding carboxylic acids is 4. The van der Waals surface area contributed by atoms with Crippen LogP contribution in [0.4, 0.5) is 0 Å². The van der Waals surface area contributed by atoms with Crippen LogP contribution in [0.5, 0.6) is 0 Å². The van der Waals surface area contributed by atoms with Gasteiger partial charge in [0.25, 0.3) is 0 Å². The number of aliphatic carboxylic acids is 2. The summed E-state index contributed by atoms with van der Waals surface area (Å²) in [5.74, 6) is -5.98. The van der Waals surface area contributed by atoms with Gasteiger partial charge in [-0.3, -0.25) is 24.0 Å². The largest absolute Gasteiger partial charge is 0.481 e. The van der Waals surface area contributed by atoms with Gasteiger partial charge in [0.1, 0.15) is 18.1 Å². The zero-order valence-corrected chi connectivity index (χ0v) is 18.9. The number of hydrogen-bond donors (Lipinski definition) is 6. The first kappa shape index (κ1) is 27.2. The molecule has 8 N–H and O–H groups in total. The first-order valence-electron chi connectivity index (χ1n) is 10.9. The molecule has 0 spiro atoms. The van der Waals surface area contributed by atoms with Gasteiger partial charge in [-0.05, 0) is 18.4 Å². The smallest absolute Gasteiger partial charge is 0.326 e. The zero-order valence-electron chi connectivity index (χ0n) is 18.9. The van der Waals surface area contributed by atoms with Crippen LogP contribution in [-0.4, -0.2) is 81.4 Å². The summed E-state index contributed by atoms with van der Waals surface area (Å²) in [5.41, 5.74) is 11.4. The van der Waals surface area contributed by atoms with E-state index >= 15 is 0 Å². The van der Waals surface area contributed by atoms with Crippen LogP contribution in [0.3, 0.4) is 0 Å². The van der Waals surface area contributed by atoms with Gasteiger partial charge in [0.15, 0.2) is 0 Å². The van der Waals surface area contributed by atoms with Gasteiger partial charge in [0, 0.05) is 13.0 Å². The SMILES string of the molecule is NC(=O)CC(N)C(=O)N1CCCC1C(=O)NC(CC(=O)O)C(=O)NC(Cc1ccccc1)C(=O)O. The summed E-state index contributed by atoms with van der Waals surface area (Å²) in [5, 5.41) is 23.3. The van der Waals surface area contributed by atoms with Crippen LogP contribution >= 0.6 is 0 Å². The quantitative estimate of drug-likeness (QED) is 0.189. The molecule has 4 amide bonds. The van der Waals surface area contributed by atoms with Crippen molar-refractivity contribution < 1.29 is 39.0 Å². The van der Waals surface area contributed by atoms with Crippen molar-refractivity contribution in [1.29, 1.82) is 0 Å². The van der Waals surface area contributed by atoms with Crippen molar-refractivity contribution in [3.63, 3.8) is 0 Å². The standard InChI is InChI=1S/C22H29N5O8/c23-13(10-17(24)28)21(33)27-8-4-7-16(27)20(32)25-14(11-18(29)30)19(31)26-15(22(34)35)9-12-5-2-1-3-6-12/h1-3,5-6,13-16H,4,7-11,23H2,(H2,24,28)(H,25,32)(H,26,31)(H,29,30)(H,34,35). The Hall–Kier alpha value is -4.00. The lowest BCUT2D eigenvalue weighted by Crippen LogP contribution is -2.57. The minimum absolute atomic E-state index is 0.0572. The Morgan fingerprint density at radius 2 is 1.66 bits per heavy atom. The second-order valence-corrected chi connectivity index (χ2v) is 8.21. The maximum atomic E-state index is 12.9. The minimum atomic E-state index is -1.59. The van der Waals surface area contributed by atoms with E-state index in [-0.39, 0.29) is 19.4 Å². The Morgan fingerprint density at radius 3 is 2.23 bits per heavy atom. The summed E-state index contributed by atoms with van der Waals surface area (Å²) in [7, 11) is 0. The van der Waals surface area contributed by atoms with E-state index in [4.69, 9.17) is 11.5 Å². The fraction of sp³-hybridized carbons (Fsp3) is 0.455. The Balaban J connectivity index is 2.11. The highest BCUT2D eigenvalue weighted by atomic mass is 16.4. The van der Waals surface area contributed by atoms with Crippen LogP contribution in [0.25, 0.3) is 0 Å². The lowest BCUT2D eigenvalue weighted by atomic mass is 10.0. The summed E-state index contributed by atoms with van der Waals surface area (Å²) in [6, 6.07) is 3.26. The molecule has 190 valence electrons. The maximum absolute atomic E-state index is 12.9. The number of carboxylic acids is 2. The third kappa shape index (κ3) is 8.07. The van der Waals surface area contributed by atoms with Gasteiger partial charge in [0.05, 0.1) is 18.9 Å². The molecule has 1 fully saturated rings. The van der Waals surface area contributed by atoms with Gasteiger partial charge in [0.2, 0.25) is 23.6 Å². The molecule has 1 aliphatic rings. The highest BCUT2D eigenvalue weighted by Crippen LogP contribution is 2.19. The molecule has 4 atom stereocenters. The van der Waals surface area contributed by atoms with Gasteiger partial charge in [-0.15, -0.1) is 0 Å². The van der Waals surface area contributed by atoms with E-state index in [0.717, 1.165) is 4.90 Å². The Morgan fingerprint density at radius 1 is 1.00 bits per heavy atom. The molecule has 1 heterocycles. The second kappa shape index (κ2) is 12.5. The van der Waals surface area contributed by atoms with Crippen molar-refractivity contribution in [3.05, 3.63) is 35.9 Å². The number of nitrogens with two attached hydrogens (primary N) is 2. The molecule has 1 aromatic rings. The lowest BCUT2D eigenvalue weighted by Gasteiger charge is -2.28. The zero-order chi connectivity index (χ0) is 26.1. The molecule has 0 aliphatic carbocycles. The summed E-state index contributed by atoms with van der Waals surface area (Å²) in [6.07, 6.45) is -0.601. The average molecular weight is 492 g/mol. The molecule has 1 saturated heterocycles. The number of benzene rings is 1. The van der Waals surface area contributed by atoms with E-state index in [1.54, 1.807) is 30.3 Å². The average Bonchev–Trinajstić information content (AvgIpc) is 3.27. The first-order chi connectivity index (χ1) is 16.5. The molecule has 1 aromatic carbocycles. The second-order valence-electron chi connectivity index (χ2n) is 8.21. The lowest BCUT2D eigenvalue weighted by molar-refractivity contribution is -0.144. The molecule has 0 bridgehead atoms. The van der Waals surface area contributed by atoms with Crippen molar-refractivity contribution in [2.45, 2.75) is 56.3 Å². The van der Waals surface area contributed by atoms with Crippen LogP contribution in [0.1, 0.15) is 31.2 Å². The number of carboxylic acid groups (broad SMARTS) is 2. The summed E-state index contributed by atoms with van der Waals surface area (Å²) >= 11 is 0. The van der Waals surface area contributed by atoms with Gasteiger partial charge >= 0.3 is 11.9 Å². The molecule has 4 unspecified atom stereocenters. The number of hydrogen-bond acceptors (Lipinski definition) is 7. The fourth-order valence-electron chi connectivity index (χ4n) is 3.79. The monoisotopic (exact) mass is 491 g/mol. The van der Waals surface area contributed by atoms with Gasteiger partial charge < -0.3 is 37.2 Å². The van der Waals surface area contributed by atoms with Crippen LogP contribution in [-0.2, 0) is 35.2 Å². The third-order valence-corrected chi connectivity index (χ3v) is 5.49. The van der Waals surface area contributed by atoms with E-state index in [1.165, 1.54) is 0 Å². The normalized spacial score (nSPS) is 17.6. The number of primary amides is 1. The number of amides is 4. The van der Waals surface area contributed by atoms with E-state index in [1.807, 2.05) is 0 Å². The van der Waals surface area contributed by atoms with Crippen molar-refractivity contribution in [1.82, 2.24) is 15.5 Å². The number of nitrogens with zero attached hydrogens (tertiary/aromatic N) is 1. The summed E-state index contributed by atoms with van der Waals surface area (Å²) < 4.78 is 0. The van der Waals surface area contributed by atoms with E-state index in [9.17, 15) is 39.0 Å².